The van der Waals surface area contributed by atoms with Crippen LogP contribution in [0, 0.1) is 23.0 Å². The molecule has 17 heteroatoms. The molecule has 0 spiro atoms. The minimum atomic E-state index is -0.823. The van der Waals surface area contributed by atoms with Gasteiger partial charge in [0.15, 0.2) is 11.6 Å². The Bertz CT molecular complexity index is 2380. The van der Waals surface area contributed by atoms with Crippen molar-refractivity contribution in [1.82, 2.24) is 24.8 Å². The van der Waals surface area contributed by atoms with Gasteiger partial charge in [0.1, 0.15) is 33.6 Å². The Hall–Kier alpha value is -4.92. The zero-order valence-electron chi connectivity index (χ0n) is 33.6. The third-order valence-electron chi connectivity index (χ3n) is 11.6. The molecular weight excluding hydrogens is 769 g/mol. The molecular formula is C41H47F2N9O5S. The standard InChI is InChI=1S/C41H47F2N9O5S/c1-40(2,3)56-38(53)48-36-24(13-44)29-32(45-14-27(42)34(29)58-36)28-25-19-55-20-26(25)30-33(31(28)43)46-37(50-17-23(18-50)49-11-7-8-12-49)47-35(30)52-21-9-10-22(52)16-51(15-21)39(54)57-41(4,5)6/h14,21-23H,7-12,15-20H2,1-6H3,(H,48,53). The van der Waals surface area contributed by atoms with E-state index in [1.165, 1.54) is 12.8 Å². The van der Waals surface area contributed by atoms with Crippen molar-refractivity contribution < 1.29 is 32.6 Å². The number of hydrogen-bond donors (Lipinski definition) is 1. The van der Waals surface area contributed by atoms with Gasteiger partial charge in [-0.2, -0.15) is 10.2 Å². The van der Waals surface area contributed by atoms with Crippen molar-refractivity contribution in [3.63, 3.8) is 0 Å². The van der Waals surface area contributed by atoms with Crippen LogP contribution in [0.5, 0.6) is 0 Å². The first kappa shape index (κ1) is 38.6. The molecule has 14 nitrogen and oxygen atoms in total. The summed E-state index contributed by atoms with van der Waals surface area (Å²) in [6.45, 7) is 15.3. The lowest BCUT2D eigenvalue weighted by molar-refractivity contribution is 0.0209. The highest BCUT2D eigenvalue weighted by atomic mass is 32.1. The van der Waals surface area contributed by atoms with Crippen LogP contribution in [-0.2, 0) is 27.4 Å². The zero-order valence-corrected chi connectivity index (χ0v) is 34.4. The van der Waals surface area contributed by atoms with Crippen LogP contribution in [0.3, 0.4) is 0 Å². The van der Waals surface area contributed by atoms with Crippen LogP contribution in [0.2, 0.25) is 0 Å². The maximum atomic E-state index is 17.9. The van der Waals surface area contributed by atoms with Crippen molar-refractivity contribution >= 4 is 61.3 Å². The smallest absolute Gasteiger partial charge is 0.412 e. The predicted octanol–water partition coefficient (Wildman–Crippen LogP) is 7.31. The van der Waals surface area contributed by atoms with Crippen LogP contribution in [-0.4, -0.2) is 106 Å². The molecule has 2 atom stereocenters. The van der Waals surface area contributed by atoms with E-state index in [1.54, 1.807) is 25.7 Å². The predicted molar refractivity (Wildman–Crippen MR) is 215 cm³/mol. The first-order chi connectivity index (χ1) is 27.6. The van der Waals surface area contributed by atoms with E-state index < -0.39 is 28.9 Å². The average Bonchev–Trinajstić information content (AvgIpc) is 3.93. The molecule has 2 unspecified atom stereocenters. The van der Waals surface area contributed by atoms with Gasteiger partial charge >= 0.3 is 12.2 Å². The van der Waals surface area contributed by atoms with Gasteiger partial charge in [0, 0.05) is 55.3 Å². The summed E-state index contributed by atoms with van der Waals surface area (Å²) in [6, 6.07) is 2.28. The van der Waals surface area contributed by atoms with Gasteiger partial charge in [0.05, 0.1) is 40.8 Å². The molecule has 8 heterocycles. The van der Waals surface area contributed by atoms with Crippen LogP contribution < -0.4 is 15.1 Å². The summed E-state index contributed by atoms with van der Waals surface area (Å²) in [5, 5.41) is 13.7. The van der Waals surface area contributed by atoms with Gasteiger partial charge < -0.3 is 28.9 Å². The summed E-state index contributed by atoms with van der Waals surface area (Å²) in [5.41, 5.74) is -0.115. The first-order valence-electron chi connectivity index (χ1n) is 20.0. The number of benzene rings is 1. The fourth-order valence-corrected chi connectivity index (χ4v) is 10.1. The number of nitrogens with one attached hydrogen (secondary N) is 1. The van der Waals surface area contributed by atoms with Gasteiger partial charge in [-0.25, -0.2) is 23.4 Å². The third kappa shape index (κ3) is 6.72. The third-order valence-corrected chi connectivity index (χ3v) is 12.7. The number of ether oxygens (including phenoxy) is 3. The van der Waals surface area contributed by atoms with E-state index in [0.29, 0.717) is 60.5 Å². The van der Waals surface area contributed by atoms with Crippen molar-refractivity contribution in [3.05, 3.63) is 34.5 Å². The van der Waals surface area contributed by atoms with Crippen molar-refractivity contribution in [2.45, 2.75) is 110 Å². The maximum Gasteiger partial charge on any atom is 0.412 e. The van der Waals surface area contributed by atoms with Crippen LogP contribution in [0.15, 0.2) is 6.20 Å². The Morgan fingerprint density at radius 2 is 1.60 bits per heavy atom. The number of carbonyl (C=O) groups excluding carboxylic acids is 2. The Balaban J connectivity index is 1.19. The monoisotopic (exact) mass is 815 g/mol. The summed E-state index contributed by atoms with van der Waals surface area (Å²) in [7, 11) is 0. The fraction of sp³-hybridized carbons (Fsp3) is 0.561. The van der Waals surface area contributed by atoms with E-state index in [4.69, 9.17) is 24.2 Å². The highest BCUT2D eigenvalue weighted by Crippen LogP contribution is 2.49. The number of fused-ring (bicyclic) bond motifs is 6. The molecule has 2 bridgehead atoms. The molecule has 0 saturated carbocycles. The van der Waals surface area contributed by atoms with E-state index >= 15 is 8.78 Å². The molecule has 9 rings (SSSR count). The van der Waals surface area contributed by atoms with Crippen molar-refractivity contribution in [2.75, 3.05) is 54.4 Å². The van der Waals surface area contributed by atoms with Gasteiger partial charge in [-0.1, -0.05) is 0 Å². The molecule has 0 radical (unpaired) electrons. The van der Waals surface area contributed by atoms with Crippen molar-refractivity contribution in [3.8, 4) is 17.3 Å². The number of thiophene rings is 1. The molecule has 5 aliphatic rings. The molecule has 3 aromatic heterocycles. The molecule has 306 valence electrons. The highest BCUT2D eigenvalue weighted by Gasteiger charge is 2.46. The summed E-state index contributed by atoms with van der Waals surface area (Å²) in [5.74, 6) is -0.394. The summed E-state index contributed by atoms with van der Waals surface area (Å²) >= 11 is 0.859. The molecule has 0 aliphatic carbocycles. The second-order valence-corrected chi connectivity index (χ2v) is 18.9. The fourth-order valence-electron chi connectivity index (χ4n) is 9.11. The average molecular weight is 816 g/mol. The van der Waals surface area contributed by atoms with Gasteiger partial charge in [-0.3, -0.25) is 15.2 Å². The Morgan fingerprint density at radius 3 is 2.26 bits per heavy atom. The molecule has 5 aliphatic heterocycles. The Morgan fingerprint density at radius 1 is 0.931 bits per heavy atom. The summed E-state index contributed by atoms with van der Waals surface area (Å²) in [4.78, 5) is 49.3. The molecule has 1 aromatic carbocycles. The number of likely N-dealkylation sites (tertiary alicyclic amines) is 2. The molecule has 58 heavy (non-hydrogen) atoms. The van der Waals surface area contributed by atoms with Gasteiger partial charge in [-0.15, -0.1) is 11.3 Å². The molecule has 1 N–H and O–H groups in total. The van der Waals surface area contributed by atoms with E-state index in [9.17, 15) is 14.9 Å². The van der Waals surface area contributed by atoms with Gasteiger partial charge in [-0.05, 0) is 91.4 Å². The molecule has 4 saturated heterocycles. The largest absolute Gasteiger partial charge is 0.444 e. The molecule has 4 fully saturated rings. The summed E-state index contributed by atoms with van der Waals surface area (Å²) in [6.07, 6.45) is 3.82. The second kappa shape index (κ2) is 14.1. The van der Waals surface area contributed by atoms with Crippen LogP contribution in [0.4, 0.5) is 35.1 Å². The number of hydrogen-bond acceptors (Lipinski definition) is 13. The number of anilines is 3. The van der Waals surface area contributed by atoms with Crippen molar-refractivity contribution in [2.24, 2.45) is 0 Å². The van der Waals surface area contributed by atoms with Gasteiger partial charge in [0.2, 0.25) is 5.95 Å². The Labute approximate surface area is 339 Å². The normalized spacial score (nSPS) is 21.1. The Kier molecular flexibility index (Phi) is 9.40. The SMILES string of the molecule is CC(C)(C)OC(=O)Nc1sc2c(F)cnc(-c3c4c(c5c(N6C7CCC6CN(C(=O)OC(C)(C)C)C7)nc(N6CC(N7CCCC7)C6)nc5c3F)COC4)c2c1C#N. The number of piperazine rings is 1. The minimum Gasteiger partial charge on any atom is -0.444 e. The second-order valence-electron chi connectivity index (χ2n) is 17.9. The number of amides is 2. The maximum absolute atomic E-state index is 17.9. The molecule has 2 amide bonds. The van der Waals surface area contributed by atoms with E-state index in [0.717, 1.165) is 43.5 Å². The number of halogens is 2. The van der Waals surface area contributed by atoms with Gasteiger partial charge in [0.25, 0.3) is 0 Å². The first-order valence-corrected chi connectivity index (χ1v) is 20.8. The molecule has 4 aromatic rings. The number of nitriles is 1. The lowest BCUT2D eigenvalue weighted by atomic mass is 9.93. The topological polar surface area (TPSA) is 149 Å². The number of aromatic nitrogens is 3. The van der Waals surface area contributed by atoms with Crippen LogP contribution >= 0.6 is 11.3 Å². The number of nitrogens with zero attached hydrogens (tertiary/aromatic N) is 8. The minimum absolute atomic E-state index is 0.0387. The van der Waals surface area contributed by atoms with E-state index in [1.807, 2.05) is 20.8 Å². The zero-order chi connectivity index (χ0) is 40.8. The number of pyridine rings is 1. The summed E-state index contributed by atoms with van der Waals surface area (Å²) < 4.78 is 50.7. The van der Waals surface area contributed by atoms with Crippen LogP contribution in [0.1, 0.15) is 83.9 Å². The lowest BCUT2D eigenvalue weighted by Crippen LogP contribution is -2.59. The van der Waals surface area contributed by atoms with Crippen molar-refractivity contribution in [1.29, 1.82) is 5.26 Å². The lowest BCUT2D eigenvalue weighted by Gasteiger charge is -2.45. The highest BCUT2D eigenvalue weighted by molar-refractivity contribution is 7.23. The number of carbonyl (C=O) groups is 2. The number of rotatable bonds is 5. The van der Waals surface area contributed by atoms with E-state index in [2.05, 4.69) is 31.1 Å². The quantitative estimate of drug-likeness (QED) is 0.215. The van der Waals surface area contributed by atoms with E-state index in [-0.39, 0.29) is 68.8 Å². The van der Waals surface area contributed by atoms with Crippen LogP contribution in [0.25, 0.3) is 32.2 Å².